The van der Waals surface area contributed by atoms with Crippen molar-refractivity contribution in [1.29, 1.82) is 5.26 Å². The topological polar surface area (TPSA) is 97.7 Å². The Morgan fingerprint density at radius 1 is 1.30 bits per heavy atom. The number of para-hydroxylation sites is 1. The van der Waals surface area contributed by atoms with Crippen LogP contribution in [0.15, 0.2) is 42.5 Å². The van der Waals surface area contributed by atoms with Gasteiger partial charge in [0, 0.05) is 6.08 Å². The van der Waals surface area contributed by atoms with Crippen LogP contribution in [0.25, 0.3) is 6.08 Å². The Morgan fingerprint density at radius 3 is 2.93 bits per heavy atom. The van der Waals surface area contributed by atoms with Gasteiger partial charge in [-0.1, -0.05) is 23.7 Å². The number of hydrogen-bond acceptors (Lipinski definition) is 6. The fourth-order valence-corrected chi connectivity index (χ4v) is 2.58. The number of hydrogen-bond donors (Lipinski definition) is 1. The number of anilines is 1. The summed E-state index contributed by atoms with van der Waals surface area (Å²) in [6, 6.07) is 11.8. The molecular formula is C19H13ClN2O5. The van der Waals surface area contributed by atoms with Gasteiger partial charge in [0.1, 0.15) is 6.07 Å². The lowest BCUT2D eigenvalue weighted by Gasteiger charge is -2.06. The van der Waals surface area contributed by atoms with Gasteiger partial charge in [0.2, 0.25) is 6.79 Å². The normalized spacial score (nSPS) is 11.9. The zero-order valence-electron chi connectivity index (χ0n) is 13.9. The first-order valence-electron chi connectivity index (χ1n) is 7.80. The van der Waals surface area contributed by atoms with Gasteiger partial charge < -0.3 is 19.5 Å². The molecule has 2 aromatic rings. The molecule has 7 nitrogen and oxygen atoms in total. The Labute approximate surface area is 159 Å². The van der Waals surface area contributed by atoms with Crippen LogP contribution < -0.4 is 14.8 Å². The lowest BCUT2D eigenvalue weighted by atomic mass is 10.2. The first-order chi connectivity index (χ1) is 13.1. The molecule has 0 bridgehead atoms. The van der Waals surface area contributed by atoms with Crippen molar-refractivity contribution >= 4 is 35.2 Å². The molecule has 1 N–H and O–H groups in total. The number of fused-ring (bicyclic) bond motifs is 1. The maximum atomic E-state index is 11.9. The third-order valence-corrected chi connectivity index (χ3v) is 3.81. The molecule has 1 heterocycles. The first kappa shape index (κ1) is 18.3. The molecule has 27 heavy (non-hydrogen) atoms. The molecule has 1 aliphatic rings. The standard InChI is InChI=1S/C19H13ClN2O5/c20-14-7-12(8-16-19(14)27-11-26-16)5-6-18(24)25-10-17(23)22-15-4-2-1-3-13(15)9-21/h1-8H,10-11H2,(H,22,23)/b6-5+. The minimum atomic E-state index is -0.701. The summed E-state index contributed by atoms with van der Waals surface area (Å²) in [4.78, 5) is 23.6. The lowest BCUT2D eigenvalue weighted by Crippen LogP contribution is -2.20. The highest BCUT2D eigenvalue weighted by Gasteiger charge is 2.17. The van der Waals surface area contributed by atoms with Crippen LogP contribution in [0.4, 0.5) is 5.69 Å². The molecule has 1 amide bonds. The largest absolute Gasteiger partial charge is 0.454 e. The fraction of sp³-hybridized carbons (Fsp3) is 0.105. The van der Waals surface area contributed by atoms with Crippen LogP contribution >= 0.6 is 11.6 Å². The van der Waals surface area contributed by atoms with Crippen LogP contribution in [0, 0.1) is 11.3 Å². The van der Waals surface area contributed by atoms with E-state index in [0.29, 0.717) is 33.3 Å². The highest BCUT2D eigenvalue weighted by molar-refractivity contribution is 6.32. The summed E-state index contributed by atoms with van der Waals surface area (Å²) in [5.74, 6) is -0.296. The van der Waals surface area contributed by atoms with Crippen LogP contribution in [0.3, 0.4) is 0 Å². The molecule has 0 aromatic heterocycles. The Morgan fingerprint density at radius 2 is 2.11 bits per heavy atom. The number of halogens is 1. The molecule has 3 rings (SSSR count). The summed E-state index contributed by atoms with van der Waals surface area (Å²) < 4.78 is 15.3. The van der Waals surface area contributed by atoms with Crippen molar-refractivity contribution in [2.24, 2.45) is 0 Å². The summed E-state index contributed by atoms with van der Waals surface area (Å²) in [5, 5.41) is 11.9. The van der Waals surface area contributed by atoms with Crippen molar-refractivity contribution in [2.75, 3.05) is 18.7 Å². The van der Waals surface area contributed by atoms with E-state index in [4.69, 9.17) is 31.1 Å². The average molecular weight is 385 g/mol. The molecule has 0 saturated carbocycles. The number of nitrogens with zero attached hydrogens (tertiary/aromatic N) is 1. The smallest absolute Gasteiger partial charge is 0.331 e. The second-order valence-corrected chi connectivity index (χ2v) is 5.79. The van der Waals surface area contributed by atoms with Crippen molar-refractivity contribution in [2.45, 2.75) is 0 Å². The summed E-state index contributed by atoms with van der Waals surface area (Å²) in [6.45, 7) is -0.390. The van der Waals surface area contributed by atoms with E-state index in [1.54, 1.807) is 36.4 Å². The highest BCUT2D eigenvalue weighted by atomic mass is 35.5. The van der Waals surface area contributed by atoms with Crippen LogP contribution in [0.1, 0.15) is 11.1 Å². The molecule has 136 valence electrons. The molecule has 0 radical (unpaired) electrons. The molecule has 0 atom stereocenters. The van der Waals surface area contributed by atoms with E-state index >= 15 is 0 Å². The number of ether oxygens (including phenoxy) is 3. The Bertz CT molecular complexity index is 965. The Balaban J connectivity index is 1.54. The third-order valence-electron chi connectivity index (χ3n) is 3.53. The maximum Gasteiger partial charge on any atom is 0.331 e. The number of carbonyl (C=O) groups excluding carboxylic acids is 2. The lowest BCUT2D eigenvalue weighted by molar-refractivity contribution is -0.142. The van der Waals surface area contributed by atoms with Gasteiger partial charge in [-0.05, 0) is 35.9 Å². The maximum absolute atomic E-state index is 11.9. The highest BCUT2D eigenvalue weighted by Crippen LogP contribution is 2.40. The summed E-state index contributed by atoms with van der Waals surface area (Å²) >= 11 is 6.06. The van der Waals surface area contributed by atoms with Crippen LogP contribution in [-0.4, -0.2) is 25.3 Å². The SMILES string of the molecule is N#Cc1ccccc1NC(=O)COC(=O)/C=C/c1cc(Cl)c2c(c1)OCO2. The summed E-state index contributed by atoms with van der Waals surface area (Å²) in [5.41, 5.74) is 1.29. The third kappa shape index (κ3) is 4.57. The Hall–Kier alpha value is -3.50. The van der Waals surface area contributed by atoms with Crippen LogP contribution in [0.2, 0.25) is 5.02 Å². The van der Waals surface area contributed by atoms with E-state index in [-0.39, 0.29) is 6.79 Å². The van der Waals surface area contributed by atoms with Gasteiger partial charge in [-0.15, -0.1) is 0 Å². The molecule has 0 spiro atoms. The van der Waals surface area contributed by atoms with Gasteiger partial charge in [-0.2, -0.15) is 5.26 Å². The number of esters is 1. The van der Waals surface area contributed by atoms with Crippen LogP contribution in [0.5, 0.6) is 11.5 Å². The molecule has 0 saturated heterocycles. The predicted octanol–water partition coefficient (Wildman–Crippen LogP) is 3.14. The molecule has 2 aromatic carbocycles. The van der Waals surface area contributed by atoms with Gasteiger partial charge in [0.15, 0.2) is 18.1 Å². The first-order valence-corrected chi connectivity index (χ1v) is 8.17. The van der Waals surface area contributed by atoms with E-state index in [9.17, 15) is 9.59 Å². The number of nitriles is 1. The predicted molar refractivity (Wildman–Crippen MR) is 97.4 cm³/mol. The minimum absolute atomic E-state index is 0.0916. The fourth-order valence-electron chi connectivity index (χ4n) is 2.31. The van der Waals surface area contributed by atoms with E-state index in [0.717, 1.165) is 0 Å². The van der Waals surface area contributed by atoms with E-state index in [1.165, 1.54) is 12.2 Å². The van der Waals surface area contributed by atoms with Crippen molar-refractivity contribution in [3.63, 3.8) is 0 Å². The van der Waals surface area contributed by atoms with E-state index in [1.807, 2.05) is 6.07 Å². The van der Waals surface area contributed by atoms with Gasteiger partial charge in [-0.25, -0.2) is 4.79 Å². The molecule has 0 unspecified atom stereocenters. The van der Waals surface area contributed by atoms with E-state index in [2.05, 4.69) is 5.32 Å². The van der Waals surface area contributed by atoms with Crippen molar-refractivity contribution in [1.82, 2.24) is 0 Å². The average Bonchev–Trinajstić information content (AvgIpc) is 3.14. The molecule has 0 fully saturated rings. The molecule has 0 aliphatic carbocycles. The van der Waals surface area contributed by atoms with Gasteiger partial charge in [0.05, 0.1) is 16.3 Å². The number of carbonyl (C=O) groups is 2. The monoisotopic (exact) mass is 384 g/mol. The minimum Gasteiger partial charge on any atom is -0.454 e. The number of nitrogens with one attached hydrogen (secondary N) is 1. The zero-order chi connectivity index (χ0) is 19.2. The number of rotatable bonds is 5. The number of amides is 1. The summed E-state index contributed by atoms with van der Waals surface area (Å²) in [6.07, 6.45) is 2.66. The van der Waals surface area contributed by atoms with Crippen molar-refractivity contribution in [3.05, 3.63) is 58.6 Å². The molecule has 8 heteroatoms. The van der Waals surface area contributed by atoms with Gasteiger partial charge in [0.25, 0.3) is 5.91 Å². The molecular weight excluding hydrogens is 372 g/mol. The van der Waals surface area contributed by atoms with Gasteiger partial charge in [-0.3, -0.25) is 4.79 Å². The molecule has 1 aliphatic heterocycles. The summed E-state index contributed by atoms with van der Waals surface area (Å²) in [7, 11) is 0. The quantitative estimate of drug-likeness (QED) is 0.628. The number of benzene rings is 2. The zero-order valence-corrected chi connectivity index (χ0v) is 14.7. The van der Waals surface area contributed by atoms with Crippen molar-refractivity contribution in [3.8, 4) is 17.6 Å². The van der Waals surface area contributed by atoms with E-state index < -0.39 is 18.5 Å². The second kappa shape index (κ2) is 8.25. The second-order valence-electron chi connectivity index (χ2n) is 5.38. The van der Waals surface area contributed by atoms with Crippen LogP contribution in [-0.2, 0) is 14.3 Å². The van der Waals surface area contributed by atoms with Crippen molar-refractivity contribution < 1.29 is 23.8 Å². The Kier molecular flexibility index (Phi) is 5.59. The van der Waals surface area contributed by atoms with Gasteiger partial charge >= 0.3 is 5.97 Å².